The van der Waals surface area contributed by atoms with Crippen LogP contribution in [0, 0.1) is 17.6 Å². The van der Waals surface area contributed by atoms with Gasteiger partial charge >= 0.3 is 5.97 Å². The Balaban J connectivity index is 1.91. The minimum Gasteiger partial charge on any atom is -0.481 e. The van der Waals surface area contributed by atoms with Crippen LogP contribution in [0.3, 0.4) is 0 Å². The number of carboxylic acids is 1. The van der Waals surface area contributed by atoms with E-state index >= 15 is 0 Å². The van der Waals surface area contributed by atoms with E-state index in [0.717, 1.165) is 6.42 Å². The molecule has 1 aliphatic carbocycles. The summed E-state index contributed by atoms with van der Waals surface area (Å²) in [7, 11) is 0. The molecule has 0 radical (unpaired) electrons. The van der Waals surface area contributed by atoms with Gasteiger partial charge in [-0.1, -0.05) is 12.5 Å². The van der Waals surface area contributed by atoms with Crippen molar-refractivity contribution in [3.63, 3.8) is 0 Å². The van der Waals surface area contributed by atoms with Crippen molar-refractivity contribution in [2.75, 3.05) is 13.1 Å². The van der Waals surface area contributed by atoms with Crippen LogP contribution in [0.5, 0.6) is 0 Å². The molecule has 0 aromatic heterocycles. The standard InChI is InChI=1S/C17H19F2NO3/c18-12-5-1-6-13(19)14(12)17(7-3-8-17)16(23)20-9-2-4-11(10-20)15(21)22/h1,5-6,11H,2-4,7-10H2,(H,21,22)/t11-/m0/s1. The lowest BCUT2D eigenvalue weighted by Crippen LogP contribution is -2.54. The first kappa shape index (κ1) is 15.9. The molecule has 1 saturated carbocycles. The molecule has 4 nitrogen and oxygen atoms in total. The molecule has 2 fully saturated rings. The molecule has 1 amide bonds. The summed E-state index contributed by atoms with van der Waals surface area (Å²) in [6, 6.07) is 3.62. The Morgan fingerprint density at radius 3 is 2.35 bits per heavy atom. The van der Waals surface area contributed by atoms with Crippen molar-refractivity contribution >= 4 is 11.9 Å². The van der Waals surface area contributed by atoms with E-state index in [2.05, 4.69) is 0 Å². The molecule has 1 atom stereocenters. The summed E-state index contributed by atoms with van der Waals surface area (Å²) in [5.41, 5.74) is -1.33. The van der Waals surface area contributed by atoms with Crippen LogP contribution < -0.4 is 0 Å². The van der Waals surface area contributed by atoms with E-state index < -0.39 is 28.9 Å². The fraction of sp³-hybridized carbons (Fsp3) is 0.529. The van der Waals surface area contributed by atoms with E-state index in [4.69, 9.17) is 5.11 Å². The molecule has 6 heteroatoms. The summed E-state index contributed by atoms with van der Waals surface area (Å²) >= 11 is 0. The van der Waals surface area contributed by atoms with Gasteiger partial charge in [-0.05, 0) is 37.8 Å². The number of nitrogens with zero attached hydrogens (tertiary/aromatic N) is 1. The molecule has 3 rings (SSSR count). The summed E-state index contributed by atoms with van der Waals surface area (Å²) in [6.45, 7) is 0.562. The number of rotatable bonds is 3. The van der Waals surface area contributed by atoms with E-state index in [0.29, 0.717) is 32.2 Å². The zero-order valence-electron chi connectivity index (χ0n) is 12.7. The third kappa shape index (κ3) is 2.60. The smallest absolute Gasteiger partial charge is 0.308 e. The predicted molar refractivity (Wildman–Crippen MR) is 78.8 cm³/mol. The monoisotopic (exact) mass is 323 g/mol. The van der Waals surface area contributed by atoms with Gasteiger partial charge in [0.15, 0.2) is 0 Å². The van der Waals surface area contributed by atoms with Gasteiger partial charge in [-0.15, -0.1) is 0 Å². The Kier molecular flexibility index (Phi) is 4.08. The van der Waals surface area contributed by atoms with Crippen LogP contribution in [0.4, 0.5) is 8.78 Å². The highest BCUT2D eigenvalue weighted by atomic mass is 19.1. The molecule has 1 aromatic carbocycles. The number of halogens is 2. The molecule has 124 valence electrons. The van der Waals surface area contributed by atoms with Gasteiger partial charge in [-0.3, -0.25) is 9.59 Å². The Morgan fingerprint density at radius 2 is 1.83 bits per heavy atom. The molecule has 1 heterocycles. The van der Waals surface area contributed by atoms with Gasteiger partial charge in [0.25, 0.3) is 0 Å². The lowest BCUT2D eigenvalue weighted by Gasteiger charge is -2.45. The first-order valence-corrected chi connectivity index (χ1v) is 7.92. The zero-order chi connectivity index (χ0) is 16.6. The van der Waals surface area contributed by atoms with Crippen LogP contribution in [0.2, 0.25) is 0 Å². The Hall–Kier alpha value is -1.98. The van der Waals surface area contributed by atoms with Gasteiger partial charge < -0.3 is 10.0 Å². The molecule has 1 saturated heterocycles. The number of hydrogen-bond acceptors (Lipinski definition) is 2. The molecule has 0 bridgehead atoms. The van der Waals surface area contributed by atoms with Crippen molar-refractivity contribution in [2.45, 2.75) is 37.5 Å². The number of benzene rings is 1. The fourth-order valence-corrected chi connectivity index (χ4v) is 3.72. The number of piperidine rings is 1. The summed E-state index contributed by atoms with van der Waals surface area (Å²) in [6.07, 6.45) is 2.66. The lowest BCUT2D eigenvalue weighted by atomic mass is 9.63. The molecule has 0 spiro atoms. The first-order chi connectivity index (χ1) is 11.0. The molecule has 0 unspecified atom stereocenters. The third-order valence-corrected chi connectivity index (χ3v) is 5.12. The molecule has 1 aromatic rings. The number of hydrogen-bond donors (Lipinski definition) is 1. The SMILES string of the molecule is O=C(O)[C@H]1CCCN(C(=O)C2(c3c(F)cccc3F)CCC2)C1. The highest BCUT2D eigenvalue weighted by Crippen LogP contribution is 2.47. The number of carboxylic acid groups (broad SMARTS) is 1. The predicted octanol–water partition coefficient (Wildman–Crippen LogP) is 2.71. The van der Waals surface area contributed by atoms with E-state index in [-0.39, 0.29) is 18.0 Å². The number of amides is 1. The Labute approximate surface area is 133 Å². The largest absolute Gasteiger partial charge is 0.481 e. The number of carbonyl (C=O) groups is 2. The maximum absolute atomic E-state index is 14.2. The van der Waals surface area contributed by atoms with Crippen LogP contribution in [0.15, 0.2) is 18.2 Å². The fourth-order valence-electron chi connectivity index (χ4n) is 3.72. The van der Waals surface area contributed by atoms with Gasteiger partial charge in [0.1, 0.15) is 11.6 Å². The Morgan fingerprint density at radius 1 is 1.17 bits per heavy atom. The summed E-state index contributed by atoms with van der Waals surface area (Å²) in [5.74, 6) is -3.27. The minimum atomic E-state index is -1.17. The minimum absolute atomic E-state index is 0.117. The number of likely N-dealkylation sites (tertiary alicyclic amines) is 1. The third-order valence-electron chi connectivity index (χ3n) is 5.12. The van der Waals surface area contributed by atoms with Crippen molar-refractivity contribution in [3.05, 3.63) is 35.4 Å². The van der Waals surface area contributed by atoms with Crippen LogP contribution in [0.25, 0.3) is 0 Å². The van der Waals surface area contributed by atoms with Gasteiger partial charge in [-0.25, -0.2) is 8.78 Å². The normalized spacial score (nSPS) is 23.2. The summed E-state index contributed by atoms with van der Waals surface area (Å²) in [5, 5.41) is 9.16. The van der Waals surface area contributed by atoms with Crippen molar-refractivity contribution in [3.8, 4) is 0 Å². The first-order valence-electron chi connectivity index (χ1n) is 7.92. The maximum atomic E-state index is 14.2. The highest BCUT2D eigenvalue weighted by molar-refractivity contribution is 5.90. The van der Waals surface area contributed by atoms with E-state index in [1.807, 2.05) is 0 Å². The van der Waals surface area contributed by atoms with Crippen LogP contribution >= 0.6 is 0 Å². The van der Waals surface area contributed by atoms with Gasteiger partial charge in [0.2, 0.25) is 5.91 Å². The average Bonchev–Trinajstić information content (AvgIpc) is 2.49. The van der Waals surface area contributed by atoms with Crippen molar-refractivity contribution in [1.29, 1.82) is 0 Å². The number of carbonyl (C=O) groups excluding carboxylic acids is 1. The molecule has 1 aliphatic heterocycles. The second kappa shape index (κ2) is 5.91. The average molecular weight is 323 g/mol. The quantitative estimate of drug-likeness (QED) is 0.930. The topological polar surface area (TPSA) is 57.6 Å². The van der Waals surface area contributed by atoms with Crippen molar-refractivity contribution in [2.24, 2.45) is 5.92 Å². The van der Waals surface area contributed by atoms with Gasteiger partial charge in [0.05, 0.1) is 11.3 Å². The van der Waals surface area contributed by atoms with E-state index in [1.165, 1.54) is 23.1 Å². The van der Waals surface area contributed by atoms with E-state index in [1.54, 1.807) is 0 Å². The summed E-state index contributed by atoms with van der Waals surface area (Å²) in [4.78, 5) is 25.6. The van der Waals surface area contributed by atoms with Crippen LogP contribution in [0.1, 0.15) is 37.7 Å². The maximum Gasteiger partial charge on any atom is 0.308 e. The lowest BCUT2D eigenvalue weighted by molar-refractivity contribution is -0.149. The summed E-state index contributed by atoms with van der Waals surface area (Å²) < 4.78 is 28.4. The van der Waals surface area contributed by atoms with Crippen LogP contribution in [-0.2, 0) is 15.0 Å². The molecule has 23 heavy (non-hydrogen) atoms. The number of aliphatic carboxylic acids is 1. The highest BCUT2D eigenvalue weighted by Gasteiger charge is 2.51. The van der Waals surface area contributed by atoms with Crippen LogP contribution in [-0.4, -0.2) is 35.0 Å². The molecule has 1 N–H and O–H groups in total. The molecule has 2 aliphatic rings. The van der Waals surface area contributed by atoms with Gasteiger partial charge in [-0.2, -0.15) is 0 Å². The second-order valence-electron chi connectivity index (χ2n) is 6.46. The molecular weight excluding hydrogens is 304 g/mol. The van der Waals surface area contributed by atoms with Crippen molar-refractivity contribution in [1.82, 2.24) is 4.90 Å². The van der Waals surface area contributed by atoms with Gasteiger partial charge in [0, 0.05) is 18.7 Å². The van der Waals surface area contributed by atoms with E-state index in [9.17, 15) is 18.4 Å². The molecular formula is C17H19F2NO3. The Bertz CT molecular complexity index is 622. The zero-order valence-corrected chi connectivity index (χ0v) is 12.7. The van der Waals surface area contributed by atoms with Crippen molar-refractivity contribution < 1.29 is 23.5 Å². The second-order valence-corrected chi connectivity index (χ2v) is 6.46.